The molecular weight excluding hydrogens is 276 g/mol. The predicted octanol–water partition coefficient (Wildman–Crippen LogP) is 4.91. The summed E-state index contributed by atoms with van der Waals surface area (Å²) < 4.78 is 0. The van der Waals surface area contributed by atoms with Gasteiger partial charge in [0.05, 0.1) is 0 Å². The van der Waals surface area contributed by atoms with E-state index in [-0.39, 0.29) is 0 Å². The minimum atomic E-state index is 0.924. The number of anilines is 2. The smallest absolute Gasteiger partial charge is 0.0494 e. The van der Waals surface area contributed by atoms with Crippen molar-refractivity contribution in [2.75, 3.05) is 23.3 Å². The Bertz CT molecular complexity index is 553. The molecule has 2 aromatic rings. The average Bonchev–Trinajstić information content (AvgIpc) is 3.02. The number of rotatable bonds is 5. The van der Waals surface area contributed by atoms with Crippen molar-refractivity contribution in [3.8, 4) is 0 Å². The molecule has 0 spiro atoms. The van der Waals surface area contributed by atoms with Crippen LogP contribution in [0.25, 0.3) is 0 Å². The molecule has 1 saturated heterocycles. The number of piperidine rings is 1. The summed E-state index contributed by atoms with van der Waals surface area (Å²) in [6.07, 6.45) is 5.18. The summed E-state index contributed by atoms with van der Waals surface area (Å²) in [6.45, 7) is 5.56. The van der Waals surface area contributed by atoms with Crippen LogP contribution >= 0.6 is 11.3 Å². The van der Waals surface area contributed by atoms with Crippen LogP contribution in [0.2, 0.25) is 0 Å². The van der Waals surface area contributed by atoms with Crippen molar-refractivity contribution in [2.45, 2.75) is 39.2 Å². The Hall–Kier alpha value is -1.48. The van der Waals surface area contributed by atoms with Gasteiger partial charge in [-0.25, -0.2) is 0 Å². The minimum absolute atomic E-state index is 0.924. The van der Waals surface area contributed by atoms with Gasteiger partial charge in [0.25, 0.3) is 0 Å². The Morgan fingerprint density at radius 2 is 1.67 bits per heavy atom. The highest BCUT2D eigenvalue weighted by Gasteiger charge is 2.10. The number of hydrogen-bond acceptors (Lipinski definition) is 3. The molecule has 1 N–H and O–H groups in total. The maximum atomic E-state index is 3.52. The van der Waals surface area contributed by atoms with Gasteiger partial charge in [-0.2, -0.15) is 0 Å². The van der Waals surface area contributed by atoms with Crippen LogP contribution in [-0.2, 0) is 13.0 Å². The number of thiophene rings is 1. The van der Waals surface area contributed by atoms with Crippen LogP contribution in [0.1, 0.15) is 35.9 Å². The molecular formula is C18H24N2S. The van der Waals surface area contributed by atoms with E-state index < -0.39 is 0 Å². The quantitative estimate of drug-likeness (QED) is 0.843. The van der Waals surface area contributed by atoms with Crippen LogP contribution in [0.5, 0.6) is 0 Å². The molecule has 3 rings (SSSR count). The third kappa shape index (κ3) is 3.79. The van der Waals surface area contributed by atoms with E-state index >= 15 is 0 Å². The molecule has 1 aliphatic heterocycles. The summed E-state index contributed by atoms with van der Waals surface area (Å²) >= 11 is 1.91. The summed E-state index contributed by atoms with van der Waals surface area (Å²) in [5.41, 5.74) is 2.58. The molecule has 1 aliphatic rings. The van der Waals surface area contributed by atoms with E-state index in [0.717, 1.165) is 13.0 Å². The van der Waals surface area contributed by atoms with Crippen molar-refractivity contribution >= 4 is 22.7 Å². The van der Waals surface area contributed by atoms with Gasteiger partial charge in [-0.1, -0.05) is 6.92 Å². The second-order valence-corrected chi connectivity index (χ2v) is 6.92. The molecule has 3 heteroatoms. The number of nitrogens with zero attached hydrogens (tertiary/aromatic N) is 1. The SMILES string of the molecule is CCc1ccc(CNc2ccc(N3CCCCC3)cc2)s1. The standard InChI is InChI=1S/C18H24N2S/c1-2-17-10-11-18(21-17)14-19-15-6-8-16(9-7-15)20-12-4-3-5-13-20/h6-11,19H,2-5,12-14H2,1H3. The Morgan fingerprint density at radius 3 is 2.33 bits per heavy atom. The highest BCUT2D eigenvalue weighted by Crippen LogP contribution is 2.23. The molecule has 0 bridgehead atoms. The Morgan fingerprint density at radius 1 is 0.952 bits per heavy atom. The second-order valence-electron chi connectivity index (χ2n) is 5.67. The van der Waals surface area contributed by atoms with Crippen LogP contribution in [0.15, 0.2) is 36.4 Å². The van der Waals surface area contributed by atoms with Crippen LogP contribution in [0.4, 0.5) is 11.4 Å². The van der Waals surface area contributed by atoms with E-state index in [1.807, 2.05) is 11.3 Å². The topological polar surface area (TPSA) is 15.3 Å². The van der Waals surface area contributed by atoms with Crippen LogP contribution < -0.4 is 10.2 Å². The van der Waals surface area contributed by atoms with E-state index in [1.165, 1.54) is 53.5 Å². The first-order valence-electron chi connectivity index (χ1n) is 8.01. The van der Waals surface area contributed by atoms with Gasteiger partial charge in [0.2, 0.25) is 0 Å². The van der Waals surface area contributed by atoms with Gasteiger partial charge in [0.1, 0.15) is 0 Å². The Labute approximate surface area is 131 Å². The first-order chi connectivity index (χ1) is 10.3. The Kier molecular flexibility index (Phi) is 4.81. The van der Waals surface area contributed by atoms with Crippen molar-refractivity contribution in [1.29, 1.82) is 0 Å². The van der Waals surface area contributed by atoms with Crippen LogP contribution in [0.3, 0.4) is 0 Å². The van der Waals surface area contributed by atoms with E-state index in [1.54, 1.807) is 0 Å². The molecule has 0 atom stereocenters. The van der Waals surface area contributed by atoms with E-state index in [2.05, 4.69) is 53.5 Å². The van der Waals surface area contributed by atoms with Crippen LogP contribution in [0, 0.1) is 0 Å². The van der Waals surface area contributed by atoms with E-state index in [4.69, 9.17) is 0 Å². The fraction of sp³-hybridized carbons (Fsp3) is 0.444. The summed E-state index contributed by atoms with van der Waals surface area (Å²) in [7, 11) is 0. The fourth-order valence-electron chi connectivity index (χ4n) is 2.84. The molecule has 1 aromatic carbocycles. The largest absolute Gasteiger partial charge is 0.380 e. The van der Waals surface area contributed by atoms with Crippen molar-refractivity contribution in [2.24, 2.45) is 0 Å². The molecule has 2 heterocycles. The molecule has 0 radical (unpaired) electrons. The van der Waals surface area contributed by atoms with Gasteiger partial charge in [0, 0.05) is 40.8 Å². The molecule has 0 unspecified atom stereocenters. The molecule has 0 amide bonds. The van der Waals surface area contributed by atoms with E-state index in [0.29, 0.717) is 0 Å². The van der Waals surface area contributed by atoms with Crippen molar-refractivity contribution in [3.63, 3.8) is 0 Å². The van der Waals surface area contributed by atoms with Gasteiger partial charge in [-0.05, 0) is 62.1 Å². The van der Waals surface area contributed by atoms with Gasteiger partial charge in [-0.15, -0.1) is 11.3 Å². The lowest BCUT2D eigenvalue weighted by atomic mass is 10.1. The van der Waals surface area contributed by atoms with Crippen molar-refractivity contribution < 1.29 is 0 Å². The first-order valence-corrected chi connectivity index (χ1v) is 8.83. The summed E-state index contributed by atoms with van der Waals surface area (Å²) in [6, 6.07) is 13.4. The molecule has 0 saturated carbocycles. The summed E-state index contributed by atoms with van der Waals surface area (Å²) in [4.78, 5) is 5.37. The lowest BCUT2D eigenvalue weighted by molar-refractivity contribution is 0.578. The zero-order chi connectivity index (χ0) is 14.5. The molecule has 1 aromatic heterocycles. The average molecular weight is 300 g/mol. The molecule has 112 valence electrons. The highest BCUT2D eigenvalue weighted by molar-refractivity contribution is 7.12. The van der Waals surface area contributed by atoms with Gasteiger partial charge >= 0.3 is 0 Å². The lowest BCUT2D eigenvalue weighted by Gasteiger charge is -2.28. The fourth-order valence-corrected chi connectivity index (χ4v) is 3.74. The lowest BCUT2D eigenvalue weighted by Crippen LogP contribution is -2.29. The first kappa shape index (κ1) is 14.5. The number of hydrogen-bond donors (Lipinski definition) is 1. The molecule has 0 aliphatic carbocycles. The second kappa shape index (κ2) is 6.99. The maximum absolute atomic E-state index is 3.52. The zero-order valence-electron chi connectivity index (χ0n) is 12.8. The highest BCUT2D eigenvalue weighted by atomic mass is 32.1. The van der Waals surface area contributed by atoms with Crippen molar-refractivity contribution in [3.05, 3.63) is 46.2 Å². The normalized spacial score (nSPS) is 15.2. The minimum Gasteiger partial charge on any atom is -0.380 e. The number of nitrogens with one attached hydrogen (secondary N) is 1. The Balaban J connectivity index is 1.56. The molecule has 1 fully saturated rings. The monoisotopic (exact) mass is 300 g/mol. The third-order valence-corrected chi connectivity index (χ3v) is 5.35. The summed E-state index contributed by atoms with van der Waals surface area (Å²) in [5.74, 6) is 0. The predicted molar refractivity (Wildman–Crippen MR) is 93.5 cm³/mol. The van der Waals surface area contributed by atoms with Crippen molar-refractivity contribution in [1.82, 2.24) is 0 Å². The maximum Gasteiger partial charge on any atom is 0.0494 e. The molecule has 2 nitrogen and oxygen atoms in total. The van der Waals surface area contributed by atoms with Gasteiger partial charge in [0.15, 0.2) is 0 Å². The van der Waals surface area contributed by atoms with E-state index in [9.17, 15) is 0 Å². The molecule has 21 heavy (non-hydrogen) atoms. The van der Waals surface area contributed by atoms with Crippen LogP contribution in [-0.4, -0.2) is 13.1 Å². The van der Waals surface area contributed by atoms with Gasteiger partial charge < -0.3 is 10.2 Å². The zero-order valence-corrected chi connectivity index (χ0v) is 13.6. The third-order valence-electron chi connectivity index (χ3n) is 4.12. The number of aryl methyl sites for hydroxylation is 1. The summed E-state index contributed by atoms with van der Waals surface area (Å²) in [5, 5.41) is 3.52. The van der Waals surface area contributed by atoms with Gasteiger partial charge in [-0.3, -0.25) is 0 Å². The number of benzene rings is 1.